The Kier molecular flexibility index (Phi) is 5.35. The van der Waals surface area contributed by atoms with Gasteiger partial charge in [0.2, 0.25) is 0 Å². The van der Waals surface area contributed by atoms with Gasteiger partial charge in [-0.15, -0.1) is 11.3 Å². The number of thiophene rings is 1. The maximum absolute atomic E-state index is 13.8. The molecule has 0 aliphatic heterocycles. The molecule has 1 heterocycles. The van der Waals surface area contributed by atoms with Crippen molar-refractivity contribution in [3.63, 3.8) is 0 Å². The third-order valence-electron chi connectivity index (χ3n) is 6.72. The smallest absolute Gasteiger partial charge is 0.335 e. The molecule has 0 spiro atoms. The fourth-order valence-electron chi connectivity index (χ4n) is 5.16. The lowest BCUT2D eigenvalue weighted by Crippen LogP contribution is -2.36. The monoisotopic (exact) mass is 519 g/mol. The lowest BCUT2D eigenvalue weighted by atomic mass is 9.89. The summed E-state index contributed by atoms with van der Waals surface area (Å²) in [6, 6.07) is 13.4. The highest BCUT2D eigenvalue weighted by atomic mass is 79.9. The molecule has 1 aromatic heterocycles. The van der Waals surface area contributed by atoms with Crippen LogP contribution in [-0.4, -0.2) is 26.0 Å². The van der Waals surface area contributed by atoms with Crippen LogP contribution in [0.3, 0.4) is 0 Å². The van der Waals surface area contributed by atoms with E-state index in [0.29, 0.717) is 23.4 Å². The average molecular weight is 520 g/mol. The first-order valence-corrected chi connectivity index (χ1v) is 13.4. The van der Waals surface area contributed by atoms with E-state index in [9.17, 15) is 13.2 Å². The minimum Gasteiger partial charge on any atom is -0.478 e. The molecule has 3 atom stereocenters. The van der Waals surface area contributed by atoms with E-state index in [4.69, 9.17) is 5.11 Å². The molecule has 5 rings (SSSR count). The molecule has 2 aromatic carbocycles. The van der Waals surface area contributed by atoms with E-state index < -0.39 is 16.0 Å². The number of anilines is 1. The van der Waals surface area contributed by atoms with Gasteiger partial charge in [-0.05, 0) is 83.3 Å². The Balaban J connectivity index is 1.58. The second-order valence-corrected chi connectivity index (χ2v) is 12.2. The zero-order valence-corrected chi connectivity index (χ0v) is 19.9. The second kappa shape index (κ2) is 7.90. The summed E-state index contributed by atoms with van der Waals surface area (Å²) in [5.74, 6) is 0.587. The number of carboxylic acids is 1. The number of rotatable bonds is 6. The van der Waals surface area contributed by atoms with Gasteiger partial charge in [0, 0.05) is 16.6 Å². The van der Waals surface area contributed by atoms with Crippen molar-refractivity contribution in [1.82, 2.24) is 0 Å². The molecule has 2 aliphatic rings. The number of fused-ring (bicyclic) bond motifs is 3. The lowest BCUT2D eigenvalue weighted by molar-refractivity contribution is 0.0696. The van der Waals surface area contributed by atoms with Crippen molar-refractivity contribution in [1.29, 1.82) is 0 Å². The largest absolute Gasteiger partial charge is 0.478 e. The Morgan fingerprint density at radius 2 is 1.84 bits per heavy atom. The van der Waals surface area contributed by atoms with Crippen LogP contribution in [-0.2, 0) is 10.0 Å². The van der Waals surface area contributed by atoms with Crippen molar-refractivity contribution in [2.24, 2.45) is 17.8 Å². The maximum atomic E-state index is 13.8. The van der Waals surface area contributed by atoms with Crippen molar-refractivity contribution in [3.05, 3.63) is 58.6 Å². The van der Waals surface area contributed by atoms with Crippen LogP contribution in [0.1, 0.15) is 36.0 Å². The highest BCUT2D eigenvalue weighted by Gasteiger charge is 2.42. The van der Waals surface area contributed by atoms with Gasteiger partial charge in [-0.1, -0.05) is 24.6 Å². The van der Waals surface area contributed by atoms with Gasteiger partial charge in [-0.3, -0.25) is 4.31 Å². The summed E-state index contributed by atoms with van der Waals surface area (Å²) in [5.41, 5.74) is 0.0710. The quantitative estimate of drug-likeness (QED) is 0.433. The van der Waals surface area contributed by atoms with E-state index >= 15 is 0 Å². The first-order valence-electron chi connectivity index (χ1n) is 10.4. The molecule has 8 heteroatoms. The fourth-order valence-corrected chi connectivity index (χ4v) is 9.06. The highest BCUT2D eigenvalue weighted by Crippen LogP contribution is 2.50. The van der Waals surface area contributed by atoms with Crippen LogP contribution in [0.15, 0.2) is 57.9 Å². The van der Waals surface area contributed by atoms with Crippen LogP contribution in [0.2, 0.25) is 0 Å². The number of carboxylic acid groups (broad SMARTS) is 1. The molecule has 2 saturated carbocycles. The summed E-state index contributed by atoms with van der Waals surface area (Å²) in [5, 5.41) is 10.9. The summed E-state index contributed by atoms with van der Waals surface area (Å²) < 4.78 is 31.0. The topological polar surface area (TPSA) is 74.7 Å². The molecule has 162 valence electrons. The summed E-state index contributed by atoms with van der Waals surface area (Å²) in [6.45, 7) is 0.454. The van der Waals surface area contributed by atoms with Gasteiger partial charge in [-0.2, -0.15) is 0 Å². The summed E-state index contributed by atoms with van der Waals surface area (Å²) >= 11 is 5.14. The SMILES string of the molecule is O=C(O)c1ccc(S(=O)(=O)N(CC2CC3CCC2C3)c2sc3ccccc3c2Br)cc1. The van der Waals surface area contributed by atoms with Crippen molar-refractivity contribution in [2.75, 3.05) is 10.8 Å². The molecule has 1 N–H and O–H groups in total. The number of benzene rings is 2. The van der Waals surface area contributed by atoms with Crippen LogP contribution < -0.4 is 4.31 Å². The second-order valence-electron chi connectivity index (χ2n) is 8.52. The predicted octanol–water partition coefficient (Wildman–Crippen LogP) is 5.99. The van der Waals surface area contributed by atoms with Crippen molar-refractivity contribution >= 4 is 58.3 Å². The van der Waals surface area contributed by atoms with E-state index in [1.165, 1.54) is 54.9 Å². The molecule has 2 bridgehead atoms. The molecule has 3 unspecified atom stereocenters. The van der Waals surface area contributed by atoms with E-state index in [2.05, 4.69) is 15.9 Å². The molecule has 5 nitrogen and oxygen atoms in total. The fraction of sp³-hybridized carbons (Fsp3) is 0.348. The van der Waals surface area contributed by atoms with Gasteiger partial charge in [-0.25, -0.2) is 13.2 Å². The predicted molar refractivity (Wildman–Crippen MR) is 126 cm³/mol. The molecule has 0 amide bonds. The number of aromatic carboxylic acids is 1. The van der Waals surface area contributed by atoms with Crippen LogP contribution in [0.4, 0.5) is 5.00 Å². The van der Waals surface area contributed by atoms with Gasteiger partial charge >= 0.3 is 5.97 Å². The number of nitrogens with zero attached hydrogens (tertiary/aromatic N) is 1. The normalized spacial score (nSPS) is 22.8. The number of halogens is 1. The average Bonchev–Trinajstić information content (AvgIpc) is 3.47. The number of hydrogen-bond acceptors (Lipinski definition) is 4. The van der Waals surface area contributed by atoms with Gasteiger partial charge in [0.05, 0.1) is 14.9 Å². The third-order valence-corrected chi connectivity index (χ3v) is 10.9. The minimum absolute atomic E-state index is 0.0710. The van der Waals surface area contributed by atoms with Crippen LogP contribution in [0.25, 0.3) is 10.1 Å². The van der Waals surface area contributed by atoms with Crippen molar-refractivity contribution in [2.45, 2.75) is 30.6 Å². The molecule has 0 saturated heterocycles. The van der Waals surface area contributed by atoms with Crippen LogP contribution >= 0.6 is 27.3 Å². The summed E-state index contributed by atoms with van der Waals surface area (Å²) in [4.78, 5) is 11.3. The molecule has 3 aromatic rings. The summed E-state index contributed by atoms with van der Waals surface area (Å²) in [7, 11) is -3.85. The molecule has 31 heavy (non-hydrogen) atoms. The highest BCUT2D eigenvalue weighted by molar-refractivity contribution is 9.10. The first kappa shape index (κ1) is 21.0. The van der Waals surface area contributed by atoms with E-state index in [-0.39, 0.29) is 10.5 Å². The van der Waals surface area contributed by atoms with E-state index in [1.807, 2.05) is 24.3 Å². The van der Waals surface area contributed by atoms with Crippen molar-refractivity contribution in [3.8, 4) is 0 Å². The Morgan fingerprint density at radius 1 is 1.10 bits per heavy atom. The Bertz CT molecular complexity index is 1250. The summed E-state index contributed by atoms with van der Waals surface area (Å²) in [6.07, 6.45) is 4.73. The Hall–Kier alpha value is -1.90. The molecular weight excluding hydrogens is 498 g/mol. The van der Waals surface area contributed by atoms with Gasteiger partial charge in [0.25, 0.3) is 10.0 Å². The lowest BCUT2D eigenvalue weighted by Gasteiger charge is -2.30. The Labute approximate surface area is 193 Å². The number of carbonyl (C=O) groups is 1. The number of hydrogen-bond donors (Lipinski definition) is 1. The molecule has 0 radical (unpaired) electrons. The van der Waals surface area contributed by atoms with E-state index in [0.717, 1.165) is 26.9 Å². The van der Waals surface area contributed by atoms with Crippen LogP contribution in [0, 0.1) is 17.8 Å². The van der Waals surface area contributed by atoms with Gasteiger partial charge in [0.15, 0.2) is 0 Å². The Morgan fingerprint density at radius 3 is 2.45 bits per heavy atom. The zero-order valence-electron chi connectivity index (χ0n) is 16.7. The van der Waals surface area contributed by atoms with Gasteiger partial charge in [0.1, 0.15) is 5.00 Å². The zero-order chi connectivity index (χ0) is 21.8. The molecule has 2 fully saturated rings. The third kappa shape index (κ3) is 3.68. The molecular formula is C23H22BrNO4S2. The van der Waals surface area contributed by atoms with E-state index in [1.54, 1.807) is 4.31 Å². The standard InChI is InChI=1S/C23H22BrNO4S2/c24-21-19-3-1-2-4-20(19)30-22(21)25(13-17-12-14-5-6-16(17)11-14)31(28,29)18-9-7-15(8-10-18)23(26)27/h1-4,7-10,14,16-17H,5-6,11-13H2,(H,26,27). The number of sulfonamides is 1. The first-order chi connectivity index (χ1) is 14.8. The van der Waals surface area contributed by atoms with Crippen molar-refractivity contribution < 1.29 is 18.3 Å². The minimum atomic E-state index is -3.85. The maximum Gasteiger partial charge on any atom is 0.335 e. The van der Waals surface area contributed by atoms with Crippen LogP contribution in [0.5, 0.6) is 0 Å². The molecule has 2 aliphatic carbocycles. The van der Waals surface area contributed by atoms with Gasteiger partial charge < -0.3 is 5.11 Å².